The molecule has 0 amide bonds. The Morgan fingerprint density at radius 3 is 2.33 bits per heavy atom. The van der Waals surface area contributed by atoms with Gasteiger partial charge in [-0.25, -0.2) is 0 Å². The third-order valence-corrected chi connectivity index (χ3v) is 4.16. The molecule has 2 rings (SSSR count). The lowest BCUT2D eigenvalue weighted by Crippen LogP contribution is -2.35. The maximum absolute atomic E-state index is 3.37. The molecular weight excluding hydrogens is 146 g/mol. The molecule has 1 N–H and O–H groups in total. The van der Waals surface area contributed by atoms with E-state index < -0.39 is 0 Å². The van der Waals surface area contributed by atoms with Gasteiger partial charge in [-0.2, -0.15) is 0 Å². The first kappa shape index (κ1) is 8.55. The third-order valence-electron chi connectivity index (χ3n) is 4.16. The van der Waals surface area contributed by atoms with Crippen molar-refractivity contribution in [2.24, 2.45) is 23.2 Å². The Morgan fingerprint density at radius 2 is 1.92 bits per heavy atom. The topological polar surface area (TPSA) is 12.0 Å². The minimum atomic E-state index is 0.655. The van der Waals surface area contributed by atoms with Gasteiger partial charge in [0, 0.05) is 6.54 Å². The van der Waals surface area contributed by atoms with Crippen LogP contribution in [0.5, 0.6) is 0 Å². The van der Waals surface area contributed by atoms with Crippen LogP contribution in [0.2, 0.25) is 0 Å². The van der Waals surface area contributed by atoms with E-state index in [0.717, 1.165) is 17.8 Å². The van der Waals surface area contributed by atoms with E-state index in [4.69, 9.17) is 0 Å². The summed E-state index contributed by atoms with van der Waals surface area (Å²) in [4.78, 5) is 0. The average molecular weight is 167 g/mol. The lowest BCUT2D eigenvalue weighted by atomic mass is 9.73. The fourth-order valence-electron chi connectivity index (χ4n) is 3.11. The molecule has 2 saturated carbocycles. The molecule has 0 aromatic heterocycles. The molecule has 0 spiro atoms. The Morgan fingerprint density at radius 1 is 1.33 bits per heavy atom. The van der Waals surface area contributed by atoms with Crippen molar-refractivity contribution < 1.29 is 0 Å². The number of hydrogen-bond acceptors (Lipinski definition) is 1. The van der Waals surface area contributed by atoms with E-state index in [1.54, 1.807) is 0 Å². The van der Waals surface area contributed by atoms with Crippen LogP contribution in [0.1, 0.15) is 33.1 Å². The molecule has 2 fully saturated rings. The van der Waals surface area contributed by atoms with Gasteiger partial charge in [-0.15, -0.1) is 0 Å². The first-order valence-electron chi connectivity index (χ1n) is 5.32. The summed E-state index contributed by atoms with van der Waals surface area (Å²) in [6.45, 7) is 6.02. The summed E-state index contributed by atoms with van der Waals surface area (Å²) < 4.78 is 0. The second kappa shape index (κ2) is 2.73. The van der Waals surface area contributed by atoms with Crippen LogP contribution in [0.3, 0.4) is 0 Å². The van der Waals surface area contributed by atoms with Crippen molar-refractivity contribution in [2.75, 3.05) is 13.6 Å². The van der Waals surface area contributed by atoms with Gasteiger partial charge in [-0.05, 0) is 49.5 Å². The Labute approximate surface area is 75.9 Å². The predicted octanol–water partition coefficient (Wildman–Crippen LogP) is 2.28. The fraction of sp³-hybridized carbons (Fsp3) is 1.00. The summed E-state index contributed by atoms with van der Waals surface area (Å²) in [7, 11) is 2.09. The van der Waals surface area contributed by atoms with E-state index in [9.17, 15) is 0 Å². The van der Waals surface area contributed by atoms with Gasteiger partial charge in [0.25, 0.3) is 0 Å². The van der Waals surface area contributed by atoms with Gasteiger partial charge in [0.05, 0.1) is 0 Å². The molecular formula is C11H21N. The maximum atomic E-state index is 3.37. The summed E-state index contributed by atoms with van der Waals surface area (Å²) in [6, 6.07) is 0. The van der Waals surface area contributed by atoms with Crippen LogP contribution in [0.25, 0.3) is 0 Å². The van der Waals surface area contributed by atoms with E-state index in [0.29, 0.717) is 5.41 Å². The van der Waals surface area contributed by atoms with Crippen LogP contribution in [-0.4, -0.2) is 13.6 Å². The van der Waals surface area contributed by atoms with Crippen molar-refractivity contribution in [1.29, 1.82) is 0 Å². The summed E-state index contributed by atoms with van der Waals surface area (Å²) in [5, 5.41) is 3.37. The van der Waals surface area contributed by atoms with Crippen molar-refractivity contribution in [1.82, 2.24) is 5.32 Å². The van der Waals surface area contributed by atoms with Gasteiger partial charge in [-0.1, -0.05) is 13.8 Å². The lowest BCUT2D eigenvalue weighted by Gasteiger charge is -2.35. The number of rotatable bonds is 3. The molecule has 2 unspecified atom stereocenters. The Hall–Kier alpha value is -0.0400. The third kappa shape index (κ3) is 1.19. The Bertz CT molecular complexity index is 164. The molecule has 0 saturated heterocycles. The summed E-state index contributed by atoms with van der Waals surface area (Å²) in [5.41, 5.74) is 0.655. The zero-order valence-electron chi connectivity index (χ0n) is 8.56. The van der Waals surface area contributed by atoms with E-state index in [-0.39, 0.29) is 0 Å². The van der Waals surface area contributed by atoms with E-state index >= 15 is 0 Å². The molecule has 1 nitrogen and oxygen atoms in total. The largest absolute Gasteiger partial charge is 0.319 e. The van der Waals surface area contributed by atoms with Gasteiger partial charge >= 0.3 is 0 Å². The number of hydrogen-bond donors (Lipinski definition) is 1. The van der Waals surface area contributed by atoms with Gasteiger partial charge in [0.15, 0.2) is 0 Å². The van der Waals surface area contributed by atoms with Gasteiger partial charge in [0.2, 0.25) is 0 Å². The zero-order chi connectivity index (χ0) is 8.77. The normalized spacial score (nSPS) is 45.0. The van der Waals surface area contributed by atoms with Crippen molar-refractivity contribution >= 4 is 0 Å². The monoisotopic (exact) mass is 167 g/mol. The van der Waals surface area contributed by atoms with Gasteiger partial charge in [-0.3, -0.25) is 0 Å². The Kier molecular flexibility index (Phi) is 1.95. The SMILES string of the molecule is CNCC1(C(C)C)CC2CC2C1. The molecule has 0 aromatic rings. The molecule has 0 aliphatic heterocycles. The quantitative estimate of drug-likeness (QED) is 0.680. The van der Waals surface area contributed by atoms with Crippen molar-refractivity contribution in [2.45, 2.75) is 33.1 Å². The average Bonchev–Trinajstić information content (AvgIpc) is 2.60. The maximum Gasteiger partial charge on any atom is 0.000746 e. The lowest BCUT2D eigenvalue weighted by molar-refractivity contribution is 0.171. The minimum absolute atomic E-state index is 0.655. The van der Waals surface area contributed by atoms with Crippen LogP contribution in [0, 0.1) is 23.2 Å². The van der Waals surface area contributed by atoms with Crippen LogP contribution < -0.4 is 5.32 Å². The molecule has 12 heavy (non-hydrogen) atoms. The highest BCUT2D eigenvalue weighted by atomic mass is 14.8. The molecule has 70 valence electrons. The highest BCUT2D eigenvalue weighted by Gasteiger charge is 2.54. The van der Waals surface area contributed by atoms with Crippen LogP contribution in [-0.2, 0) is 0 Å². The first-order valence-corrected chi connectivity index (χ1v) is 5.32. The van der Waals surface area contributed by atoms with Gasteiger partial charge < -0.3 is 5.32 Å². The van der Waals surface area contributed by atoms with E-state index in [1.165, 1.54) is 25.8 Å². The predicted molar refractivity (Wildman–Crippen MR) is 52.0 cm³/mol. The summed E-state index contributed by atoms with van der Waals surface area (Å²) >= 11 is 0. The fourth-order valence-corrected chi connectivity index (χ4v) is 3.11. The summed E-state index contributed by atoms with van der Waals surface area (Å²) in [5.74, 6) is 3.08. The van der Waals surface area contributed by atoms with Crippen molar-refractivity contribution in [3.05, 3.63) is 0 Å². The minimum Gasteiger partial charge on any atom is -0.319 e. The Balaban J connectivity index is 2.03. The van der Waals surface area contributed by atoms with Gasteiger partial charge in [0.1, 0.15) is 0 Å². The number of nitrogens with one attached hydrogen (secondary N) is 1. The second-order valence-corrected chi connectivity index (χ2v) is 5.21. The second-order valence-electron chi connectivity index (χ2n) is 5.21. The molecule has 0 aromatic carbocycles. The highest BCUT2D eigenvalue weighted by molar-refractivity contribution is 5.05. The first-order chi connectivity index (χ1) is 5.68. The molecule has 2 aliphatic rings. The zero-order valence-corrected chi connectivity index (χ0v) is 8.56. The molecule has 2 atom stereocenters. The summed E-state index contributed by atoms with van der Waals surface area (Å²) in [6.07, 6.45) is 4.53. The van der Waals surface area contributed by atoms with E-state index in [1.807, 2.05) is 0 Å². The van der Waals surface area contributed by atoms with Crippen LogP contribution in [0.15, 0.2) is 0 Å². The van der Waals surface area contributed by atoms with E-state index in [2.05, 4.69) is 26.2 Å². The van der Waals surface area contributed by atoms with Crippen molar-refractivity contribution in [3.8, 4) is 0 Å². The molecule has 0 radical (unpaired) electrons. The molecule has 2 aliphatic carbocycles. The number of fused-ring (bicyclic) bond motifs is 1. The van der Waals surface area contributed by atoms with Crippen LogP contribution >= 0.6 is 0 Å². The highest BCUT2D eigenvalue weighted by Crippen LogP contribution is 2.61. The van der Waals surface area contributed by atoms with Crippen molar-refractivity contribution in [3.63, 3.8) is 0 Å². The smallest absolute Gasteiger partial charge is 0.000746 e. The molecule has 1 heteroatoms. The molecule has 0 heterocycles. The molecule has 0 bridgehead atoms. The van der Waals surface area contributed by atoms with Crippen LogP contribution in [0.4, 0.5) is 0 Å². The standard InChI is InChI=1S/C11H21N/c1-8(2)11(7-12-3)5-9-4-10(9)6-11/h8-10,12H,4-7H2,1-3H3.